The number of methoxy groups -OCH3 is 2. The molecule has 2 aromatic rings. The van der Waals surface area contributed by atoms with E-state index in [9.17, 15) is 14.4 Å². The molecule has 2 amide bonds. The minimum Gasteiger partial charge on any atom is -0.493 e. The highest BCUT2D eigenvalue weighted by molar-refractivity contribution is 7.13. The summed E-state index contributed by atoms with van der Waals surface area (Å²) in [5.74, 6) is 0.109. The van der Waals surface area contributed by atoms with E-state index >= 15 is 0 Å². The average Bonchev–Trinajstić information content (AvgIpc) is 3.10. The molecule has 0 saturated carbocycles. The highest BCUT2D eigenvalue weighted by atomic mass is 32.1. The molecule has 10 heteroatoms. The van der Waals surface area contributed by atoms with Gasteiger partial charge in [-0.25, -0.2) is 4.98 Å². The van der Waals surface area contributed by atoms with Crippen LogP contribution in [0.1, 0.15) is 23.7 Å². The van der Waals surface area contributed by atoms with Gasteiger partial charge < -0.3 is 24.4 Å². The number of carbonyl (C=O) groups excluding carboxylic acids is 3. The van der Waals surface area contributed by atoms with E-state index in [4.69, 9.17) is 14.2 Å². The number of hydrogen-bond acceptors (Lipinski definition) is 8. The van der Waals surface area contributed by atoms with Gasteiger partial charge in [0.05, 0.1) is 39.4 Å². The number of aromatic nitrogens is 1. The number of thiazole rings is 1. The molecule has 1 aromatic carbocycles. The number of benzene rings is 1. The number of hydrogen-bond donors (Lipinski definition) is 1. The fourth-order valence-electron chi connectivity index (χ4n) is 3.02. The van der Waals surface area contributed by atoms with Crippen molar-refractivity contribution >= 4 is 40.3 Å². The summed E-state index contributed by atoms with van der Waals surface area (Å²) < 4.78 is 15.5. The molecule has 3 rings (SSSR count). The van der Waals surface area contributed by atoms with Crippen LogP contribution in [0.3, 0.4) is 0 Å². The molecule has 0 bridgehead atoms. The largest absolute Gasteiger partial charge is 0.493 e. The Morgan fingerprint density at radius 2 is 1.97 bits per heavy atom. The van der Waals surface area contributed by atoms with Gasteiger partial charge in [0.2, 0.25) is 11.8 Å². The predicted octanol–water partition coefficient (Wildman–Crippen LogP) is 2.26. The van der Waals surface area contributed by atoms with E-state index in [0.29, 0.717) is 28.9 Å². The minimum atomic E-state index is -0.392. The number of esters is 1. The van der Waals surface area contributed by atoms with Gasteiger partial charge in [-0.2, -0.15) is 0 Å². The molecule has 2 heterocycles. The van der Waals surface area contributed by atoms with Crippen LogP contribution in [-0.2, 0) is 32.0 Å². The second kappa shape index (κ2) is 10.1. The number of nitrogens with one attached hydrogen (secondary N) is 1. The van der Waals surface area contributed by atoms with Crippen molar-refractivity contribution in [3.05, 3.63) is 40.5 Å². The maximum atomic E-state index is 12.7. The summed E-state index contributed by atoms with van der Waals surface area (Å²) in [6, 6.07) is 3.56. The first kappa shape index (κ1) is 22.3. The fourth-order valence-corrected chi connectivity index (χ4v) is 3.75. The van der Waals surface area contributed by atoms with Crippen molar-refractivity contribution in [3.63, 3.8) is 0 Å². The van der Waals surface area contributed by atoms with E-state index < -0.39 is 5.91 Å². The number of fused-ring (bicyclic) bond motifs is 1. The molecular weight excluding hydrogens is 422 g/mol. The van der Waals surface area contributed by atoms with Gasteiger partial charge in [-0.15, -0.1) is 11.3 Å². The lowest BCUT2D eigenvalue weighted by Crippen LogP contribution is -2.34. The first-order valence-electron chi connectivity index (χ1n) is 9.56. The molecule has 0 spiro atoms. The number of ether oxygens (including phenoxy) is 3. The van der Waals surface area contributed by atoms with Gasteiger partial charge in [0, 0.05) is 11.6 Å². The first-order valence-corrected chi connectivity index (χ1v) is 10.4. The fraction of sp³-hybridized carbons (Fsp3) is 0.333. The Morgan fingerprint density at radius 1 is 1.23 bits per heavy atom. The van der Waals surface area contributed by atoms with Crippen LogP contribution in [-0.4, -0.2) is 55.0 Å². The molecule has 1 aromatic heterocycles. The quantitative estimate of drug-likeness (QED) is 0.621. The molecule has 9 nitrogen and oxygen atoms in total. The van der Waals surface area contributed by atoms with Gasteiger partial charge in [0.25, 0.3) is 0 Å². The van der Waals surface area contributed by atoms with Gasteiger partial charge in [-0.05, 0) is 36.3 Å². The minimum absolute atomic E-state index is 0.0404. The summed E-state index contributed by atoms with van der Waals surface area (Å²) in [6.45, 7) is 1.87. The van der Waals surface area contributed by atoms with Crippen molar-refractivity contribution in [1.82, 2.24) is 9.88 Å². The number of nitrogens with zero attached hydrogens (tertiary/aromatic N) is 2. The lowest BCUT2D eigenvalue weighted by molar-refractivity contribution is -0.142. The summed E-state index contributed by atoms with van der Waals surface area (Å²) in [5.41, 5.74) is 2.12. The number of carbonyl (C=O) groups is 3. The van der Waals surface area contributed by atoms with E-state index in [1.54, 1.807) is 43.8 Å². The normalized spacial score (nSPS) is 12.7. The van der Waals surface area contributed by atoms with Crippen LogP contribution >= 0.6 is 11.3 Å². The first-order chi connectivity index (χ1) is 14.9. The molecule has 0 atom stereocenters. The molecule has 0 unspecified atom stereocenters. The Balaban J connectivity index is 1.64. The van der Waals surface area contributed by atoms with Gasteiger partial charge >= 0.3 is 5.97 Å². The predicted molar refractivity (Wildman–Crippen MR) is 115 cm³/mol. The zero-order valence-electron chi connectivity index (χ0n) is 17.5. The van der Waals surface area contributed by atoms with Gasteiger partial charge in [-0.3, -0.25) is 14.4 Å². The number of anilines is 1. The van der Waals surface area contributed by atoms with E-state index in [0.717, 1.165) is 11.1 Å². The molecule has 0 saturated heterocycles. The molecule has 1 aliphatic heterocycles. The van der Waals surface area contributed by atoms with E-state index in [1.165, 1.54) is 23.3 Å². The lowest BCUT2D eigenvalue weighted by Gasteiger charge is -2.16. The van der Waals surface area contributed by atoms with E-state index in [1.807, 2.05) is 0 Å². The van der Waals surface area contributed by atoms with Crippen LogP contribution in [0, 0.1) is 0 Å². The van der Waals surface area contributed by atoms with Crippen molar-refractivity contribution in [2.75, 3.05) is 32.7 Å². The second-order valence-electron chi connectivity index (χ2n) is 6.59. The van der Waals surface area contributed by atoms with Gasteiger partial charge in [0.15, 0.2) is 16.6 Å². The third-order valence-electron chi connectivity index (χ3n) is 4.48. The molecule has 1 aliphatic rings. The maximum absolute atomic E-state index is 12.7. The molecule has 1 N–H and O–H groups in total. The van der Waals surface area contributed by atoms with Crippen LogP contribution in [0.5, 0.6) is 11.5 Å². The summed E-state index contributed by atoms with van der Waals surface area (Å²) in [5, 5.41) is 4.70. The summed E-state index contributed by atoms with van der Waals surface area (Å²) in [4.78, 5) is 42.2. The van der Waals surface area contributed by atoms with Crippen LogP contribution in [0.2, 0.25) is 0 Å². The van der Waals surface area contributed by atoms with Gasteiger partial charge in [-0.1, -0.05) is 0 Å². The Bertz CT molecular complexity index is 1020. The molecule has 0 fully saturated rings. The zero-order chi connectivity index (χ0) is 22.4. The Kier molecular flexibility index (Phi) is 7.24. The smallest absolute Gasteiger partial charge is 0.311 e. The molecule has 0 aliphatic carbocycles. The van der Waals surface area contributed by atoms with Crippen molar-refractivity contribution in [3.8, 4) is 11.5 Å². The molecule has 31 heavy (non-hydrogen) atoms. The van der Waals surface area contributed by atoms with Gasteiger partial charge in [0.1, 0.15) is 6.54 Å². The topological polar surface area (TPSA) is 107 Å². The maximum Gasteiger partial charge on any atom is 0.311 e. The van der Waals surface area contributed by atoms with Crippen molar-refractivity contribution in [2.45, 2.75) is 19.8 Å². The highest BCUT2D eigenvalue weighted by Crippen LogP contribution is 2.32. The van der Waals surface area contributed by atoms with Crippen LogP contribution in [0.4, 0.5) is 5.13 Å². The Labute approximate surface area is 183 Å². The summed E-state index contributed by atoms with van der Waals surface area (Å²) in [7, 11) is 3.08. The third-order valence-corrected chi connectivity index (χ3v) is 5.29. The highest BCUT2D eigenvalue weighted by Gasteiger charge is 2.22. The number of amides is 2. The van der Waals surface area contributed by atoms with Crippen molar-refractivity contribution in [1.29, 1.82) is 0 Å². The Hall–Kier alpha value is -3.40. The van der Waals surface area contributed by atoms with E-state index in [2.05, 4.69) is 10.3 Å². The lowest BCUT2D eigenvalue weighted by atomic mass is 10.0. The molecule has 0 radical (unpaired) electrons. The summed E-state index contributed by atoms with van der Waals surface area (Å²) >= 11 is 1.20. The molecular formula is C21H23N3O6S. The SMILES string of the molecule is CCOC(=O)Cc1csc(NC(=O)CN2C=Cc3cc(OC)c(OC)cc3CC2=O)n1. The second-order valence-corrected chi connectivity index (χ2v) is 7.45. The Morgan fingerprint density at radius 3 is 2.68 bits per heavy atom. The standard InChI is InChI=1S/C21H23N3O6S/c1-4-30-20(27)10-15-12-31-21(22-15)23-18(25)11-24-6-5-13-7-16(28-2)17(29-3)8-14(13)9-19(24)26/h5-8,12H,4,9-11H2,1-3H3,(H,22,23,25). The zero-order valence-corrected chi connectivity index (χ0v) is 18.3. The van der Waals surface area contributed by atoms with Crippen LogP contribution in [0.25, 0.3) is 6.08 Å². The third kappa shape index (κ3) is 5.60. The van der Waals surface area contributed by atoms with Crippen LogP contribution in [0.15, 0.2) is 23.7 Å². The van der Waals surface area contributed by atoms with E-state index in [-0.39, 0.29) is 31.3 Å². The molecule has 164 valence electrons. The van der Waals surface area contributed by atoms with Crippen molar-refractivity contribution < 1.29 is 28.6 Å². The summed E-state index contributed by atoms with van der Waals surface area (Å²) in [6.07, 6.45) is 3.50. The van der Waals surface area contributed by atoms with Crippen molar-refractivity contribution in [2.24, 2.45) is 0 Å². The monoisotopic (exact) mass is 445 g/mol. The average molecular weight is 445 g/mol. The number of rotatable bonds is 8. The van der Waals surface area contributed by atoms with Crippen LogP contribution < -0.4 is 14.8 Å².